The summed E-state index contributed by atoms with van der Waals surface area (Å²) in [6.45, 7) is 4.55. The number of carbonyl (C=O) groups excluding carboxylic acids is 1. The van der Waals surface area contributed by atoms with Gasteiger partial charge in [-0.3, -0.25) is 9.69 Å². The van der Waals surface area contributed by atoms with Gasteiger partial charge in [-0.05, 0) is 79.1 Å². The summed E-state index contributed by atoms with van der Waals surface area (Å²) in [7, 11) is -7.03. The number of carbonyl (C=O) groups is 1. The summed E-state index contributed by atoms with van der Waals surface area (Å²) in [4.78, 5) is 15.6. The molecule has 1 heterocycles. The molecule has 0 aromatic heterocycles. The van der Waals surface area contributed by atoms with E-state index in [0.717, 1.165) is 11.1 Å². The molecule has 2 atom stereocenters. The lowest BCUT2D eigenvalue weighted by Gasteiger charge is -2.45. The van der Waals surface area contributed by atoms with Gasteiger partial charge < -0.3 is 4.74 Å². The number of aryl methyl sites for hydroxylation is 2. The van der Waals surface area contributed by atoms with Gasteiger partial charge in [0.2, 0.25) is 0 Å². The van der Waals surface area contributed by atoms with Crippen LogP contribution in [0.4, 0.5) is 4.39 Å². The minimum atomic E-state index is -3.96. The van der Waals surface area contributed by atoms with E-state index in [4.69, 9.17) is 4.74 Å². The molecule has 1 aliphatic carbocycles. The second-order valence-electron chi connectivity index (χ2n) is 12.0. The van der Waals surface area contributed by atoms with E-state index in [2.05, 4.69) is 0 Å². The summed E-state index contributed by atoms with van der Waals surface area (Å²) in [6, 6.07) is 18.8. The average molecular weight is 642 g/mol. The van der Waals surface area contributed by atoms with Gasteiger partial charge in [-0.15, -0.1) is 0 Å². The van der Waals surface area contributed by atoms with Crippen LogP contribution in [-0.2, 0) is 42.2 Å². The zero-order valence-electron chi connectivity index (χ0n) is 25.3. The summed E-state index contributed by atoms with van der Waals surface area (Å²) in [5.74, 6) is -0.294. The molecule has 0 spiro atoms. The standard InChI is InChI=1S/C34H40FNO6S2/c1-3-16-34(44(40,41)30-9-5-4-6-10-30)27(22-28(37)23-36-17-19-43(38,39)20-18-36)13-12-26-21-29(14-15-32(26)34)42-24-31-25(2)8-7-11-33(31)35/h4-11,14-15,21,27H,3,12-13,16-20,22-24H2,1-2H3/t27-,34-/m0/s1. The van der Waals surface area contributed by atoms with E-state index < -0.39 is 30.3 Å². The molecule has 3 aromatic carbocycles. The third-order valence-corrected chi connectivity index (χ3v) is 13.4. The van der Waals surface area contributed by atoms with Crippen molar-refractivity contribution in [2.75, 3.05) is 31.1 Å². The molecule has 5 rings (SSSR count). The second-order valence-corrected chi connectivity index (χ2v) is 16.5. The van der Waals surface area contributed by atoms with E-state index in [0.29, 0.717) is 55.6 Å². The van der Waals surface area contributed by atoms with Crippen molar-refractivity contribution in [2.24, 2.45) is 5.92 Å². The molecule has 44 heavy (non-hydrogen) atoms. The van der Waals surface area contributed by atoms with Crippen molar-refractivity contribution >= 4 is 25.5 Å². The number of hydrogen-bond acceptors (Lipinski definition) is 7. The zero-order chi connectivity index (χ0) is 31.5. The van der Waals surface area contributed by atoms with Crippen LogP contribution in [0.25, 0.3) is 0 Å². The number of ether oxygens (including phenoxy) is 1. The Bertz CT molecular complexity index is 1690. The number of nitrogens with zero attached hydrogens (tertiary/aromatic N) is 1. The van der Waals surface area contributed by atoms with Crippen molar-refractivity contribution in [2.45, 2.75) is 62.2 Å². The number of sulfone groups is 2. The van der Waals surface area contributed by atoms with E-state index in [1.165, 1.54) is 6.07 Å². The first-order valence-electron chi connectivity index (χ1n) is 15.2. The molecule has 3 aromatic rings. The van der Waals surface area contributed by atoms with Gasteiger partial charge >= 0.3 is 0 Å². The van der Waals surface area contributed by atoms with E-state index in [1.54, 1.807) is 42.5 Å². The van der Waals surface area contributed by atoms with Crippen LogP contribution >= 0.6 is 0 Å². The van der Waals surface area contributed by atoms with Gasteiger partial charge in [0.1, 0.15) is 28.7 Å². The van der Waals surface area contributed by atoms with E-state index >= 15 is 0 Å². The highest BCUT2D eigenvalue weighted by atomic mass is 32.2. The summed E-state index contributed by atoms with van der Waals surface area (Å²) < 4.78 is 72.3. The molecule has 2 aliphatic rings. The molecule has 0 bridgehead atoms. The molecule has 1 saturated heterocycles. The first-order valence-corrected chi connectivity index (χ1v) is 18.5. The summed E-state index contributed by atoms with van der Waals surface area (Å²) in [6.07, 6.45) is 2.08. The number of rotatable bonds is 11. The smallest absolute Gasteiger partial charge is 0.188 e. The van der Waals surface area contributed by atoms with Gasteiger partial charge in [0.15, 0.2) is 19.7 Å². The highest BCUT2D eigenvalue weighted by molar-refractivity contribution is 7.92. The van der Waals surface area contributed by atoms with Gasteiger partial charge in [-0.25, -0.2) is 21.2 Å². The molecule has 0 radical (unpaired) electrons. The molecule has 1 fully saturated rings. The Morgan fingerprint density at radius 1 is 1.05 bits per heavy atom. The van der Waals surface area contributed by atoms with Crippen molar-refractivity contribution in [1.29, 1.82) is 0 Å². The van der Waals surface area contributed by atoms with Gasteiger partial charge in [0.05, 0.1) is 22.9 Å². The minimum absolute atomic E-state index is 0.0279. The number of halogens is 1. The maximum atomic E-state index is 14.7. The van der Waals surface area contributed by atoms with Gasteiger partial charge in [-0.2, -0.15) is 0 Å². The van der Waals surface area contributed by atoms with Crippen molar-refractivity contribution in [3.05, 3.63) is 94.8 Å². The van der Waals surface area contributed by atoms with Crippen LogP contribution < -0.4 is 4.74 Å². The molecule has 1 aliphatic heterocycles. The molecule has 0 saturated carbocycles. The SMILES string of the molecule is CCC[C@@]1(S(=O)(=O)c2ccccc2)c2ccc(OCc3c(C)cccc3F)cc2CC[C@H]1CC(=O)CN1CCS(=O)(=O)CC1. The van der Waals surface area contributed by atoms with Crippen LogP contribution in [0.15, 0.2) is 71.6 Å². The first-order chi connectivity index (χ1) is 21.0. The van der Waals surface area contributed by atoms with Crippen molar-refractivity contribution in [1.82, 2.24) is 4.90 Å². The number of fused-ring (bicyclic) bond motifs is 1. The first kappa shape index (κ1) is 32.3. The average Bonchev–Trinajstić information content (AvgIpc) is 2.99. The molecular formula is C34H40FNO6S2. The highest BCUT2D eigenvalue weighted by Crippen LogP contribution is 2.53. The predicted octanol–water partition coefficient (Wildman–Crippen LogP) is 5.43. The lowest BCUT2D eigenvalue weighted by atomic mass is 9.70. The largest absolute Gasteiger partial charge is 0.489 e. The zero-order valence-corrected chi connectivity index (χ0v) is 26.9. The Kier molecular flexibility index (Phi) is 9.63. The lowest BCUT2D eigenvalue weighted by molar-refractivity contribution is -0.121. The number of Topliss-reactive ketones (excluding diaryl/α,β-unsaturated/α-hetero) is 1. The van der Waals surface area contributed by atoms with Crippen LogP contribution in [0, 0.1) is 18.7 Å². The third-order valence-electron chi connectivity index (χ3n) is 9.16. The second kappa shape index (κ2) is 13.1. The van der Waals surface area contributed by atoms with Gasteiger partial charge in [0, 0.05) is 25.1 Å². The molecule has 0 unspecified atom stereocenters. The van der Waals surface area contributed by atoms with Gasteiger partial charge in [0.25, 0.3) is 0 Å². The fourth-order valence-corrected chi connectivity index (χ4v) is 10.7. The van der Waals surface area contributed by atoms with Crippen LogP contribution in [0.5, 0.6) is 5.75 Å². The topological polar surface area (TPSA) is 97.8 Å². The maximum absolute atomic E-state index is 14.7. The molecule has 7 nitrogen and oxygen atoms in total. The van der Waals surface area contributed by atoms with E-state index in [1.807, 2.05) is 36.9 Å². The highest BCUT2D eigenvalue weighted by Gasteiger charge is 2.54. The normalized spacial score (nSPS) is 21.8. The third kappa shape index (κ3) is 6.48. The number of hydrogen-bond donors (Lipinski definition) is 0. The lowest BCUT2D eigenvalue weighted by Crippen LogP contribution is -2.48. The molecule has 10 heteroatoms. The molecule has 236 valence electrons. The van der Waals surface area contributed by atoms with Crippen LogP contribution in [0.3, 0.4) is 0 Å². The Morgan fingerprint density at radius 2 is 1.77 bits per heavy atom. The Hall–Kier alpha value is -3.08. The minimum Gasteiger partial charge on any atom is -0.489 e. The summed E-state index contributed by atoms with van der Waals surface area (Å²) in [5, 5.41) is 0. The van der Waals surface area contributed by atoms with E-state index in [-0.39, 0.29) is 47.6 Å². The quantitative estimate of drug-likeness (QED) is 0.275. The van der Waals surface area contributed by atoms with Crippen molar-refractivity contribution in [3.8, 4) is 5.75 Å². The summed E-state index contributed by atoms with van der Waals surface area (Å²) in [5.41, 5.74) is 2.80. The fourth-order valence-electron chi connectivity index (χ4n) is 6.85. The van der Waals surface area contributed by atoms with Crippen molar-refractivity contribution in [3.63, 3.8) is 0 Å². The van der Waals surface area contributed by atoms with E-state index in [9.17, 15) is 26.0 Å². The molecular weight excluding hydrogens is 602 g/mol. The Balaban J connectivity index is 1.49. The fraction of sp³-hybridized carbons (Fsp3) is 0.441. The van der Waals surface area contributed by atoms with Crippen LogP contribution in [0.1, 0.15) is 54.9 Å². The van der Waals surface area contributed by atoms with Crippen LogP contribution in [0.2, 0.25) is 0 Å². The number of benzene rings is 3. The van der Waals surface area contributed by atoms with Crippen molar-refractivity contribution < 1.29 is 30.8 Å². The van der Waals surface area contributed by atoms with Gasteiger partial charge in [-0.1, -0.05) is 49.7 Å². The van der Waals surface area contributed by atoms with Crippen LogP contribution in [-0.4, -0.2) is 58.7 Å². The summed E-state index contributed by atoms with van der Waals surface area (Å²) >= 11 is 0. The maximum Gasteiger partial charge on any atom is 0.188 e. The Morgan fingerprint density at radius 3 is 2.45 bits per heavy atom. The number of ketones is 1. The molecule has 0 N–H and O–H groups in total. The Labute approximate surface area is 260 Å². The predicted molar refractivity (Wildman–Crippen MR) is 169 cm³/mol. The monoisotopic (exact) mass is 641 g/mol. The molecule has 0 amide bonds.